The summed E-state index contributed by atoms with van der Waals surface area (Å²) < 4.78 is 22.1. The first-order valence-corrected chi connectivity index (χ1v) is 14.5. The summed E-state index contributed by atoms with van der Waals surface area (Å²) >= 11 is 7.86. The number of carbonyl (C=O) groups excluding carboxylic acids is 2. The molecule has 1 saturated heterocycles. The van der Waals surface area contributed by atoms with Crippen molar-refractivity contribution in [2.24, 2.45) is 5.92 Å². The minimum Gasteiger partial charge on any atom is -0.481 e. The number of nitrogens with zero attached hydrogens (tertiary/aromatic N) is 1. The van der Waals surface area contributed by atoms with Crippen LogP contribution in [0.3, 0.4) is 0 Å². The normalized spacial score (nSPS) is 21.1. The van der Waals surface area contributed by atoms with Crippen molar-refractivity contribution in [3.05, 3.63) is 75.9 Å². The number of carbonyl (C=O) groups is 3. The molecule has 1 aliphatic carbocycles. The zero-order valence-electron chi connectivity index (χ0n) is 21.8. The Hall–Kier alpha value is -3.27. The second-order valence-electron chi connectivity index (χ2n) is 10.5. The van der Waals surface area contributed by atoms with Crippen LogP contribution in [-0.2, 0) is 20.7 Å². The highest BCUT2D eigenvalue weighted by atomic mass is 35.5. The lowest BCUT2D eigenvalue weighted by Crippen LogP contribution is -2.40. The third-order valence-corrected chi connectivity index (χ3v) is 8.95. The molecule has 2 N–H and O–H groups in total. The van der Waals surface area contributed by atoms with Crippen molar-refractivity contribution in [3.8, 4) is 0 Å². The molecule has 1 aliphatic heterocycles. The van der Waals surface area contributed by atoms with E-state index < -0.39 is 17.7 Å². The predicted molar refractivity (Wildman–Crippen MR) is 153 cm³/mol. The number of likely N-dealkylation sites (tertiary alicyclic amines) is 1. The van der Waals surface area contributed by atoms with E-state index in [0.717, 1.165) is 21.7 Å². The Morgan fingerprint density at radius 1 is 1.18 bits per heavy atom. The number of thiophene rings is 1. The van der Waals surface area contributed by atoms with Crippen LogP contribution in [0.4, 0.5) is 10.1 Å². The van der Waals surface area contributed by atoms with Crippen molar-refractivity contribution in [1.82, 2.24) is 4.90 Å². The maximum Gasteiger partial charge on any atom is 0.306 e. The number of anilines is 1. The first kappa shape index (κ1) is 28.3. The molecule has 7 nitrogen and oxygen atoms in total. The molecular formula is C30H30ClFN2O5S. The Kier molecular flexibility index (Phi) is 8.54. The van der Waals surface area contributed by atoms with Gasteiger partial charge in [-0.3, -0.25) is 14.4 Å². The minimum atomic E-state index is -0.763. The van der Waals surface area contributed by atoms with Crippen LogP contribution in [0.2, 0.25) is 5.02 Å². The molecule has 2 heterocycles. The van der Waals surface area contributed by atoms with Crippen LogP contribution >= 0.6 is 22.9 Å². The molecule has 40 heavy (non-hydrogen) atoms. The summed E-state index contributed by atoms with van der Waals surface area (Å²) in [6.07, 6.45) is 2.89. The Bertz CT molecular complexity index is 1470. The van der Waals surface area contributed by atoms with Gasteiger partial charge in [-0.2, -0.15) is 0 Å². The van der Waals surface area contributed by atoms with Crippen LogP contribution in [0.25, 0.3) is 10.1 Å². The van der Waals surface area contributed by atoms with Gasteiger partial charge in [-0.1, -0.05) is 42.0 Å². The molecular weight excluding hydrogens is 555 g/mol. The molecule has 1 atom stereocenters. The third kappa shape index (κ3) is 6.22. The van der Waals surface area contributed by atoms with E-state index in [1.165, 1.54) is 17.4 Å². The zero-order valence-corrected chi connectivity index (χ0v) is 23.4. The standard InChI is InChI=1S/C30H30ClFN2O5S/c1-17-10-20(15-39-21-8-6-18(7-9-21)30(37)38)34(14-17)28(35)12-19-11-24(31)26(13-25(19)32)33-29(36)23-16-40-27-5-3-2-4-22(23)27/h2-5,11,13,16,18,20-21H,1,6-10,12,14-15H2,(H,33,36)(H,37,38)/t18?,20-,21?/m0/s1. The minimum absolute atomic E-state index is 0.0347. The average molecular weight is 585 g/mol. The molecule has 3 aromatic rings. The highest BCUT2D eigenvalue weighted by molar-refractivity contribution is 7.17. The number of carboxylic acids is 1. The van der Waals surface area contributed by atoms with Gasteiger partial charge in [0.05, 0.1) is 47.4 Å². The fourth-order valence-corrected chi connectivity index (χ4v) is 6.64. The summed E-state index contributed by atoms with van der Waals surface area (Å²) in [7, 11) is 0. The largest absolute Gasteiger partial charge is 0.481 e. The number of halogens is 2. The number of ether oxygens (including phenoxy) is 1. The quantitative estimate of drug-likeness (QED) is 0.303. The van der Waals surface area contributed by atoms with Crippen molar-refractivity contribution >= 4 is 56.5 Å². The fraction of sp³-hybridized carbons (Fsp3) is 0.367. The average Bonchev–Trinajstić information content (AvgIpc) is 3.54. The van der Waals surface area contributed by atoms with Crippen LogP contribution in [0.5, 0.6) is 0 Å². The van der Waals surface area contributed by atoms with E-state index in [2.05, 4.69) is 11.9 Å². The number of benzene rings is 2. The molecule has 0 spiro atoms. The van der Waals surface area contributed by atoms with Gasteiger partial charge in [0.15, 0.2) is 0 Å². The molecule has 2 amide bonds. The van der Waals surface area contributed by atoms with Gasteiger partial charge in [-0.05, 0) is 55.9 Å². The lowest BCUT2D eigenvalue weighted by Gasteiger charge is -2.30. The van der Waals surface area contributed by atoms with E-state index in [1.54, 1.807) is 10.3 Å². The molecule has 2 aromatic carbocycles. The maximum atomic E-state index is 15.1. The van der Waals surface area contributed by atoms with E-state index in [-0.39, 0.29) is 46.7 Å². The molecule has 1 aromatic heterocycles. The van der Waals surface area contributed by atoms with Gasteiger partial charge in [-0.15, -0.1) is 11.3 Å². The fourth-order valence-electron chi connectivity index (χ4n) is 5.47. The molecule has 2 aliphatic rings. The van der Waals surface area contributed by atoms with Crippen molar-refractivity contribution in [2.75, 3.05) is 18.5 Å². The SMILES string of the molecule is C=C1C[C@@H](COC2CCC(C(=O)O)CC2)N(C(=O)Cc2cc(Cl)c(NC(=O)c3csc4ccccc34)cc2F)C1. The topological polar surface area (TPSA) is 95.9 Å². The van der Waals surface area contributed by atoms with Crippen molar-refractivity contribution in [3.63, 3.8) is 0 Å². The summed E-state index contributed by atoms with van der Waals surface area (Å²) in [5, 5.41) is 14.6. The predicted octanol–water partition coefficient (Wildman–Crippen LogP) is 6.31. The number of rotatable bonds is 8. The molecule has 5 rings (SSSR count). The number of hydrogen-bond donors (Lipinski definition) is 2. The van der Waals surface area contributed by atoms with E-state index in [0.29, 0.717) is 50.8 Å². The van der Waals surface area contributed by atoms with Crippen molar-refractivity contribution < 1.29 is 28.6 Å². The number of nitrogens with one attached hydrogen (secondary N) is 1. The molecule has 0 bridgehead atoms. The summed E-state index contributed by atoms with van der Waals surface area (Å²) in [5.74, 6) is -2.37. The Morgan fingerprint density at radius 2 is 1.93 bits per heavy atom. The summed E-state index contributed by atoms with van der Waals surface area (Å²) in [6.45, 7) is 4.72. The first-order valence-electron chi connectivity index (χ1n) is 13.3. The maximum absolute atomic E-state index is 15.1. The van der Waals surface area contributed by atoms with E-state index >= 15 is 4.39 Å². The van der Waals surface area contributed by atoms with E-state index in [4.69, 9.17) is 16.3 Å². The number of fused-ring (bicyclic) bond motifs is 1. The molecule has 1 saturated carbocycles. The van der Waals surface area contributed by atoms with Crippen LogP contribution in [0.1, 0.15) is 48.0 Å². The Morgan fingerprint density at radius 3 is 2.67 bits per heavy atom. The van der Waals surface area contributed by atoms with Crippen LogP contribution in [0.15, 0.2) is 53.9 Å². The Labute approximate surface area is 240 Å². The van der Waals surface area contributed by atoms with Gasteiger partial charge in [0.1, 0.15) is 5.82 Å². The third-order valence-electron chi connectivity index (χ3n) is 7.68. The Balaban J connectivity index is 1.21. The molecule has 210 valence electrons. The smallest absolute Gasteiger partial charge is 0.306 e. The summed E-state index contributed by atoms with van der Waals surface area (Å²) in [6, 6.07) is 9.84. The van der Waals surface area contributed by atoms with Crippen LogP contribution in [-0.4, -0.2) is 53.1 Å². The van der Waals surface area contributed by atoms with Crippen LogP contribution in [0, 0.1) is 11.7 Å². The molecule has 0 radical (unpaired) electrons. The first-order chi connectivity index (χ1) is 19.2. The van der Waals surface area contributed by atoms with Crippen LogP contribution < -0.4 is 5.32 Å². The number of carboxylic acid groups (broad SMARTS) is 1. The van der Waals surface area contributed by atoms with Gasteiger partial charge >= 0.3 is 5.97 Å². The second-order valence-corrected chi connectivity index (χ2v) is 11.8. The molecule has 2 fully saturated rings. The number of aliphatic carboxylic acids is 1. The lowest BCUT2D eigenvalue weighted by atomic mass is 9.87. The van der Waals surface area contributed by atoms with Gasteiger partial charge < -0.3 is 20.1 Å². The second kappa shape index (κ2) is 12.1. The van der Waals surface area contributed by atoms with Crippen molar-refractivity contribution in [2.45, 2.75) is 50.7 Å². The van der Waals surface area contributed by atoms with Gasteiger partial charge in [0.25, 0.3) is 5.91 Å². The highest BCUT2D eigenvalue weighted by Gasteiger charge is 2.33. The molecule has 10 heteroatoms. The van der Waals surface area contributed by atoms with E-state index in [9.17, 15) is 19.5 Å². The number of hydrogen-bond acceptors (Lipinski definition) is 5. The van der Waals surface area contributed by atoms with Gasteiger partial charge in [0.2, 0.25) is 5.91 Å². The van der Waals surface area contributed by atoms with Gasteiger partial charge in [0, 0.05) is 22.0 Å². The lowest BCUT2D eigenvalue weighted by molar-refractivity contribution is -0.144. The summed E-state index contributed by atoms with van der Waals surface area (Å²) in [5.41, 5.74) is 1.65. The summed E-state index contributed by atoms with van der Waals surface area (Å²) in [4.78, 5) is 39.0. The number of amides is 2. The van der Waals surface area contributed by atoms with Crippen molar-refractivity contribution in [1.29, 1.82) is 0 Å². The van der Waals surface area contributed by atoms with Gasteiger partial charge in [-0.25, -0.2) is 4.39 Å². The molecule has 0 unspecified atom stereocenters. The monoisotopic (exact) mass is 584 g/mol. The highest BCUT2D eigenvalue weighted by Crippen LogP contribution is 2.31. The van der Waals surface area contributed by atoms with E-state index in [1.807, 2.05) is 24.3 Å². The zero-order chi connectivity index (χ0) is 28.4.